The molecule has 5 nitrogen and oxygen atoms in total. The molecule has 22 heavy (non-hydrogen) atoms. The molecule has 1 aliphatic heterocycles. The predicted octanol–water partition coefficient (Wildman–Crippen LogP) is 2.25. The number of aromatic nitrogens is 1. The van der Waals surface area contributed by atoms with Gasteiger partial charge in [0.15, 0.2) is 10.8 Å². The normalized spacial score (nSPS) is 19.0. The molecule has 1 saturated heterocycles. The van der Waals surface area contributed by atoms with Crippen molar-refractivity contribution in [2.24, 2.45) is 17.6 Å². The fourth-order valence-electron chi connectivity index (χ4n) is 3.01. The number of piperidine rings is 1. The zero-order chi connectivity index (χ0) is 16.3. The fraction of sp³-hybridized carbons (Fsp3) is 0.688. The Morgan fingerprint density at radius 3 is 2.55 bits per heavy atom. The molecule has 1 aromatic rings. The van der Waals surface area contributed by atoms with E-state index in [0.29, 0.717) is 23.3 Å². The van der Waals surface area contributed by atoms with Crippen molar-refractivity contribution >= 4 is 23.0 Å². The monoisotopic (exact) mass is 323 g/mol. The van der Waals surface area contributed by atoms with Gasteiger partial charge in [0.2, 0.25) is 5.91 Å². The largest absolute Gasteiger partial charge is 0.341 e. The lowest BCUT2D eigenvalue weighted by Gasteiger charge is -2.35. The second-order valence-corrected chi connectivity index (χ2v) is 7.57. The Morgan fingerprint density at radius 1 is 1.41 bits per heavy atom. The molecule has 6 heteroatoms. The van der Waals surface area contributed by atoms with Crippen molar-refractivity contribution in [1.82, 2.24) is 9.88 Å². The molecule has 0 aromatic carbocycles. The Kier molecular flexibility index (Phi) is 5.69. The quantitative estimate of drug-likeness (QED) is 0.843. The van der Waals surface area contributed by atoms with Gasteiger partial charge in [-0.3, -0.25) is 9.59 Å². The maximum absolute atomic E-state index is 12.2. The van der Waals surface area contributed by atoms with Gasteiger partial charge in [0, 0.05) is 30.6 Å². The van der Waals surface area contributed by atoms with E-state index in [9.17, 15) is 9.59 Å². The smallest absolute Gasteiger partial charge is 0.239 e. The van der Waals surface area contributed by atoms with Gasteiger partial charge in [-0.05, 0) is 38.5 Å². The minimum Gasteiger partial charge on any atom is -0.341 e. The molecule has 0 spiro atoms. The van der Waals surface area contributed by atoms with Crippen LogP contribution in [-0.4, -0.2) is 40.7 Å². The molecular weight excluding hydrogens is 298 g/mol. The summed E-state index contributed by atoms with van der Waals surface area (Å²) in [5.74, 6) is 0.978. The molecule has 2 heterocycles. The van der Waals surface area contributed by atoms with Gasteiger partial charge >= 0.3 is 0 Å². The standard InChI is InChI=1S/C16H25N3O2S/c1-10(8-14(20)15-18-9-11(2)22-15)13-4-6-19(7-5-13)16(21)12(3)17/h9-10,12-13H,4-8,17H2,1-3H3/t10?,12-/m0/s1. The maximum Gasteiger partial charge on any atom is 0.239 e. The lowest BCUT2D eigenvalue weighted by Crippen LogP contribution is -2.46. The van der Waals surface area contributed by atoms with Crippen LogP contribution in [0.5, 0.6) is 0 Å². The Hall–Kier alpha value is -1.27. The van der Waals surface area contributed by atoms with Crippen LogP contribution in [0.25, 0.3) is 0 Å². The van der Waals surface area contributed by atoms with Gasteiger partial charge in [0.25, 0.3) is 0 Å². The molecule has 0 saturated carbocycles. The lowest BCUT2D eigenvalue weighted by atomic mass is 9.82. The highest BCUT2D eigenvalue weighted by Crippen LogP contribution is 2.28. The van der Waals surface area contributed by atoms with Crippen molar-refractivity contribution in [3.8, 4) is 0 Å². The molecule has 0 aliphatic carbocycles. The highest BCUT2D eigenvalue weighted by Gasteiger charge is 2.28. The number of Topliss-reactive ketones (excluding diaryl/α,β-unsaturated/α-hetero) is 1. The van der Waals surface area contributed by atoms with Gasteiger partial charge in [0.1, 0.15) is 0 Å². The molecule has 2 N–H and O–H groups in total. The molecule has 1 unspecified atom stereocenters. The number of hydrogen-bond donors (Lipinski definition) is 1. The Balaban J connectivity index is 1.83. The number of carbonyl (C=O) groups is 2. The molecule has 2 atom stereocenters. The van der Waals surface area contributed by atoms with Crippen molar-refractivity contribution in [3.63, 3.8) is 0 Å². The summed E-state index contributed by atoms with van der Waals surface area (Å²) in [5, 5.41) is 0.619. The highest BCUT2D eigenvalue weighted by atomic mass is 32.1. The topological polar surface area (TPSA) is 76.3 Å². The third-order valence-electron chi connectivity index (χ3n) is 4.41. The molecule has 2 rings (SSSR count). The predicted molar refractivity (Wildman–Crippen MR) is 87.9 cm³/mol. The van der Waals surface area contributed by atoms with E-state index < -0.39 is 6.04 Å². The van der Waals surface area contributed by atoms with Crippen LogP contribution in [0, 0.1) is 18.8 Å². The number of nitrogens with zero attached hydrogens (tertiary/aromatic N) is 2. The van der Waals surface area contributed by atoms with Crippen molar-refractivity contribution in [3.05, 3.63) is 16.1 Å². The zero-order valence-corrected chi connectivity index (χ0v) is 14.4. The van der Waals surface area contributed by atoms with Crippen LogP contribution < -0.4 is 5.73 Å². The van der Waals surface area contributed by atoms with E-state index in [2.05, 4.69) is 11.9 Å². The maximum atomic E-state index is 12.2. The molecule has 122 valence electrons. The average molecular weight is 323 g/mol. The molecule has 1 aliphatic rings. The molecule has 1 fully saturated rings. The molecular formula is C16H25N3O2S. The summed E-state index contributed by atoms with van der Waals surface area (Å²) >= 11 is 1.46. The van der Waals surface area contributed by atoms with E-state index in [0.717, 1.165) is 30.8 Å². The van der Waals surface area contributed by atoms with E-state index >= 15 is 0 Å². The molecule has 0 radical (unpaired) electrons. The zero-order valence-electron chi connectivity index (χ0n) is 13.5. The van der Waals surface area contributed by atoms with E-state index in [4.69, 9.17) is 5.73 Å². The second kappa shape index (κ2) is 7.33. The first-order valence-corrected chi connectivity index (χ1v) is 8.70. The first-order chi connectivity index (χ1) is 10.4. The summed E-state index contributed by atoms with van der Waals surface area (Å²) in [6.45, 7) is 7.32. The van der Waals surface area contributed by atoms with Gasteiger partial charge in [-0.25, -0.2) is 4.98 Å². The van der Waals surface area contributed by atoms with Gasteiger partial charge < -0.3 is 10.6 Å². The number of aryl methyl sites for hydroxylation is 1. The Bertz CT molecular complexity index is 533. The van der Waals surface area contributed by atoms with E-state index in [-0.39, 0.29) is 11.7 Å². The number of nitrogens with two attached hydrogens (primary N) is 1. The van der Waals surface area contributed by atoms with Crippen molar-refractivity contribution in [1.29, 1.82) is 0 Å². The van der Waals surface area contributed by atoms with Gasteiger partial charge in [-0.1, -0.05) is 6.92 Å². The Morgan fingerprint density at radius 2 is 2.05 bits per heavy atom. The summed E-state index contributed by atoms with van der Waals surface area (Å²) in [5.41, 5.74) is 5.65. The summed E-state index contributed by atoms with van der Waals surface area (Å²) in [6.07, 6.45) is 4.19. The van der Waals surface area contributed by atoms with Crippen LogP contribution >= 0.6 is 11.3 Å². The summed E-state index contributed by atoms with van der Waals surface area (Å²) in [7, 11) is 0. The van der Waals surface area contributed by atoms with E-state index in [1.165, 1.54) is 11.3 Å². The number of likely N-dealkylation sites (tertiary alicyclic amines) is 1. The summed E-state index contributed by atoms with van der Waals surface area (Å²) < 4.78 is 0. The van der Waals surface area contributed by atoms with Crippen LogP contribution in [0.4, 0.5) is 0 Å². The van der Waals surface area contributed by atoms with E-state index in [1.807, 2.05) is 11.8 Å². The number of ketones is 1. The molecule has 1 aromatic heterocycles. The summed E-state index contributed by atoms with van der Waals surface area (Å²) in [4.78, 5) is 31.2. The van der Waals surface area contributed by atoms with Crippen molar-refractivity contribution in [2.75, 3.05) is 13.1 Å². The minimum atomic E-state index is -0.427. The number of rotatable bonds is 5. The number of thiazole rings is 1. The lowest BCUT2D eigenvalue weighted by molar-refractivity contribution is -0.133. The first-order valence-electron chi connectivity index (χ1n) is 7.88. The van der Waals surface area contributed by atoms with Gasteiger partial charge in [-0.15, -0.1) is 11.3 Å². The van der Waals surface area contributed by atoms with Crippen molar-refractivity contribution in [2.45, 2.75) is 46.1 Å². The fourth-order valence-corrected chi connectivity index (χ4v) is 3.72. The number of carbonyl (C=O) groups excluding carboxylic acids is 2. The van der Waals surface area contributed by atoms with Gasteiger partial charge in [0.05, 0.1) is 6.04 Å². The third kappa shape index (κ3) is 4.14. The molecule has 0 bridgehead atoms. The van der Waals surface area contributed by atoms with E-state index in [1.54, 1.807) is 13.1 Å². The number of hydrogen-bond acceptors (Lipinski definition) is 5. The summed E-state index contributed by atoms with van der Waals surface area (Å²) in [6, 6.07) is -0.427. The van der Waals surface area contributed by atoms with Crippen LogP contribution in [0.3, 0.4) is 0 Å². The molecule has 1 amide bonds. The van der Waals surface area contributed by atoms with Crippen LogP contribution in [0.2, 0.25) is 0 Å². The SMILES string of the molecule is Cc1cnc(C(=O)CC(C)C2CCN(C(=O)[C@H](C)N)CC2)s1. The van der Waals surface area contributed by atoms with Gasteiger partial charge in [-0.2, -0.15) is 0 Å². The van der Waals surface area contributed by atoms with Crippen LogP contribution in [-0.2, 0) is 4.79 Å². The first kappa shape index (κ1) is 17.1. The van der Waals surface area contributed by atoms with Crippen LogP contribution in [0.1, 0.15) is 47.8 Å². The third-order valence-corrected chi connectivity index (χ3v) is 5.37. The second-order valence-electron chi connectivity index (χ2n) is 6.33. The highest BCUT2D eigenvalue weighted by molar-refractivity contribution is 7.13. The number of amides is 1. The van der Waals surface area contributed by atoms with Crippen LogP contribution in [0.15, 0.2) is 6.20 Å². The minimum absolute atomic E-state index is 0.0282. The van der Waals surface area contributed by atoms with Crippen molar-refractivity contribution < 1.29 is 9.59 Å². The average Bonchev–Trinajstić information content (AvgIpc) is 2.93. The Labute approximate surface area is 135 Å².